The van der Waals surface area contributed by atoms with Crippen LogP contribution in [-0.2, 0) is 23.8 Å². The minimum Gasteiger partial charge on any atom is -0.377 e. The normalized spacial score (nSPS) is 14.0. The van der Waals surface area contributed by atoms with E-state index in [0.29, 0.717) is 65.3 Å². The molecule has 0 aromatic rings. The minimum absolute atomic E-state index is 0.0167. The van der Waals surface area contributed by atoms with E-state index >= 15 is 0 Å². The van der Waals surface area contributed by atoms with Gasteiger partial charge in [-0.15, -0.1) is 0 Å². The molecule has 0 fully saturated rings. The smallest absolute Gasteiger partial charge is 0.220 e. The largest absolute Gasteiger partial charge is 0.377 e. The van der Waals surface area contributed by atoms with Gasteiger partial charge in [-0.2, -0.15) is 0 Å². The maximum atomic E-state index is 12.0. The number of ether oxygens (including phenoxy) is 3. The average molecular weight is 461 g/mol. The summed E-state index contributed by atoms with van der Waals surface area (Å²) in [5, 5.41) is 5.85. The third kappa shape index (κ3) is 22.0. The zero-order chi connectivity index (χ0) is 24.0. The van der Waals surface area contributed by atoms with Crippen LogP contribution in [0.1, 0.15) is 72.1 Å². The molecular formula is C23H48N4O5. The quantitative estimate of drug-likeness (QED) is 0.179. The molecule has 0 aliphatic rings. The molecule has 0 aliphatic heterocycles. The Labute approximate surface area is 194 Å². The summed E-state index contributed by atoms with van der Waals surface area (Å²) in [6.07, 6.45) is 6.46. The lowest BCUT2D eigenvalue weighted by molar-refractivity contribution is -0.123. The highest BCUT2D eigenvalue weighted by atomic mass is 16.5. The van der Waals surface area contributed by atoms with E-state index in [4.69, 9.17) is 25.7 Å². The lowest BCUT2D eigenvalue weighted by Crippen LogP contribution is -2.36. The summed E-state index contributed by atoms with van der Waals surface area (Å²) in [6, 6.07) is -0.0506. The highest BCUT2D eigenvalue weighted by Gasteiger charge is 2.10. The van der Waals surface area contributed by atoms with Crippen LogP contribution < -0.4 is 22.1 Å². The molecule has 6 N–H and O–H groups in total. The Morgan fingerprint density at radius 2 is 1.50 bits per heavy atom. The maximum absolute atomic E-state index is 12.0. The summed E-state index contributed by atoms with van der Waals surface area (Å²) in [6.45, 7) is 9.59. The zero-order valence-electron chi connectivity index (χ0n) is 20.5. The Morgan fingerprint density at radius 3 is 2.19 bits per heavy atom. The fourth-order valence-electron chi connectivity index (χ4n) is 2.94. The van der Waals surface area contributed by atoms with Gasteiger partial charge in [0.25, 0.3) is 0 Å². The Morgan fingerprint density at radius 1 is 0.812 bits per heavy atom. The average Bonchev–Trinajstić information content (AvgIpc) is 2.73. The van der Waals surface area contributed by atoms with Gasteiger partial charge >= 0.3 is 0 Å². The van der Waals surface area contributed by atoms with Crippen molar-refractivity contribution in [3.8, 4) is 0 Å². The van der Waals surface area contributed by atoms with Crippen molar-refractivity contribution in [3.05, 3.63) is 0 Å². The molecule has 0 rings (SSSR count). The van der Waals surface area contributed by atoms with Gasteiger partial charge in [0.05, 0.1) is 39.1 Å². The van der Waals surface area contributed by atoms with Crippen molar-refractivity contribution in [2.75, 3.05) is 46.1 Å². The molecule has 190 valence electrons. The van der Waals surface area contributed by atoms with E-state index in [1.54, 1.807) is 0 Å². The highest BCUT2D eigenvalue weighted by Crippen LogP contribution is 2.02. The van der Waals surface area contributed by atoms with Crippen LogP contribution in [0.2, 0.25) is 0 Å². The molecule has 2 amide bonds. The van der Waals surface area contributed by atoms with Crippen LogP contribution in [0, 0.1) is 0 Å². The predicted molar refractivity (Wildman–Crippen MR) is 127 cm³/mol. The number of hydrogen-bond donors (Lipinski definition) is 4. The molecule has 9 nitrogen and oxygen atoms in total. The summed E-state index contributed by atoms with van der Waals surface area (Å²) in [5.74, 6) is 0.0415. The number of rotatable bonds is 22. The second-order valence-electron chi connectivity index (χ2n) is 8.50. The van der Waals surface area contributed by atoms with Gasteiger partial charge in [0, 0.05) is 31.5 Å². The van der Waals surface area contributed by atoms with Crippen LogP contribution in [0.3, 0.4) is 0 Å². The van der Waals surface area contributed by atoms with Gasteiger partial charge in [-0.25, -0.2) is 0 Å². The number of nitrogens with one attached hydrogen (secondary N) is 2. The molecule has 0 aliphatic carbocycles. The van der Waals surface area contributed by atoms with Gasteiger partial charge in [-0.1, -0.05) is 12.8 Å². The standard InChI is InChI=1S/C23H48N4O5/c1-19(25)16-30-14-15-32-21(3)18-31-17-20(2)27-23(29)11-7-6-10-22(28)26-13-9-5-4-8-12-24/h19-21H,4-18,24-25H2,1-3H3,(H,26,28)(H,27,29). The maximum Gasteiger partial charge on any atom is 0.220 e. The lowest BCUT2D eigenvalue weighted by Gasteiger charge is -2.17. The monoisotopic (exact) mass is 460 g/mol. The third-order valence-corrected chi connectivity index (χ3v) is 4.65. The van der Waals surface area contributed by atoms with Crippen molar-refractivity contribution in [2.24, 2.45) is 11.5 Å². The molecule has 0 bridgehead atoms. The van der Waals surface area contributed by atoms with Crippen molar-refractivity contribution in [2.45, 2.75) is 90.3 Å². The van der Waals surface area contributed by atoms with Crippen LogP contribution in [0.25, 0.3) is 0 Å². The van der Waals surface area contributed by atoms with Crippen molar-refractivity contribution in [3.63, 3.8) is 0 Å². The molecule has 0 aromatic heterocycles. The van der Waals surface area contributed by atoms with Gasteiger partial charge in [-0.05, 0) is 53.0 Å². The molecule has 0 saturated heterocycles. The molecule has 3 atom stereocenters. The molecule has 0 aromatic carbocycles. The first-order valence-electron chi connectivity index (χ1n) is 12.1. The van der Waals surface area contributed by atoms with E-state index in [2.05, 4.69) is 10.6 Å². The first-order valence-corrected chi connectivity index (χ1v) is 12.1. The molecule has 3 unspecified atom stereocenters. The SMILES string of the molecule is CC(N)COCCOC(C)COCC(C)NC(=O)CCCCC(=O)NCCCCCCN. The number of unbranched alkanes of at least 4 members (excludes halogenated alkanes) is 4. The molecule has 0 saturated carbocycles. The number of nitrogens with two attached hydrogens (primary N) is 2. The van der Waals surface area contributed by atoms with E-state index in [-0.39, 0.29) is 30.0 Å². The van der Waals surface area contributed by atoms with Gasteiger partial charge in [0.15, 0.2) is 0 Å². The van der Waals surface area contributed by atoms with Gasteiger partial charge < -0.3 is 36.3 Å². The third-order valence-electron chi connectivity index (χ3n) is 4.65. The van der Waals surface area contributed by atoms with Gasteiger partial charge in [-0.3, -0.25) is 9.59 Å². The summed E-state index contributed by atoms with van der Waals surface area (Å²) >= 11 is 0. The Kier molecular flexibility index (Phi) is 20.7. The van der Waals surface area contributed by atoms with Crippen LogP contribution in [-0.4, -0.2) is 76.1 Å². The van der Waals surface area contributed by atoms with E-state index in [1.807, 2.05) is 20.8 Å². The molecule has 9 heteroatoms. The number of carbonyl (C=O) groups is 2. The minimum atomic E-state index is -0.0772. The number of hydrogen-bond acceptors (Lipinski definition) is 7. The Hall–Kier alpha value is -1.26. The molecule has 0 heterocycles. The first kappa shape index (κ1) is 30.7. The van der Waals surface area contributed by atoms with Crippen LogP contribution in [0.5, 0.6) is 0 Å². The number of carbonyl (C=O) groups excluding carboxylic acids is 2. The Balaban J connectivity index is 3.58. The summed E-state index contributed by atoms with van der Waals surface area (Å²) < 4.78 is 16.6. The highest BCUT2D eigenvalue weighted by molar-refractivity contribution is 5.77. The number of amides is 2. The van der Waals surface area contributed by atoms with Crippen LogP contribution in [0.4, 0.5) is 0 Å². The van der Waals surface area contributed by atoms with Gasteiger partial charge in [0.2, 0.25) is 11.8 Å². The fourth-order valence-corrected chi connectivity index (χ4v) is 2.94. The van der Waals surface area contributed by atoms with Crippen molar-refractivity contribution >= 4 is 11.8 Å². The second-order valence-corrected chi connectivity index (χ2v) is 8.50. The van der Waals surface area contributed by atoms with E-state index in [9.17, 15) is 9.59 Å². The zero-order valence-corrected chi connectivity index (χ0v) is 20.5. The van der Waals surface area contributed by atoms with E-state index < -0.39 is 0 Å². The van der Waals surface area contributed by atoms with Crippen molar-refractivity contribution in [1.29, 1.82) is 0 Å². The summed E-state index contributed by atoms with van der Waals surface area (Å²) in [4.78, 5) is 23.8. The van der Waals surface area contributed by atoms with Crippen LogP contribution in [0.15, 0.2) is 0 Å². The topological polar surface area (TPSA) is 138 Å². The molecule has 0 spiro atoms. The lowest BCUT2D eigenvalue weighted by atomic mass is 10.1. The van der Waals surface area contributed by atoms with E-state index in [0.717, 1.165) is 32.2 Å². The van der Waals surface area contributed by atoms with Gasteiger partial charge in [0.1, 0.15) is 0 Å². The predicted octanol–water partition coefficient (Wildman–Crippen LogP) is 1.47. The molecule has 32 heavy (non-hydrogen) atoms. The molecular weight excluding hydrogens is 412 g/mol. The van der Waals surface area contributed by atoms with Crippen molar-refractivity contribution < 1.29 is 23.8 Å². The molecule has 0 radical (unpaired) electrons. The summed E-state index contributed by atoms with van der Waals surface area (Å²) in [5.41, 5.74) is 11.1. The fraction of sp³-hybridized carbons (Fsp3) is 0.913. The van der Waals surface area contributed by atoms with E-state index in [1.165, 1.54) is 0 Å². The first-order chi connectivity index (χ1) is 15.3. The van der Waals surface area contributed by atoms with Crippen molar-refractivity contribution in [1.82, 2.24) is 10.6 Å². The second kappa shape index (κ2) is 21.6. The summed E-state index contributed by atoms with van der Waals surface area (Å²) in [7, 11) is 0. The Bertz CT molecular complexity index is 466. The van der Waals surface area contributed by atoms with Crippen LogP contribution >= 0.6 is 0 Å².